The van der Waals surface area contributed by atoms with E-state index in [-0.39, 0.29) is 5.78 Å². The molecule has 18 heavy (non-hydrogen) atoms. The number of benzene rings is 1. The second-order valence-electron chi connectivity index (χ2n) is 5.39. The van der Waals surface area contributed by atoms with Gasteiger partial charge in [0.2, 0.25) is 0 Å². The minimum atomic E-state index is 0.260. The fourth-order valence-electron chi connectivity index (χ4n) is 2.33. The third-order valence-corrected chi connectivity index (χ3v) is 3.59. The number of ketones is 1. The van der Waals surface area contributed by atoms with Crippen LogP contribution >= 0.6 is 0 Å². The summed E-state index contributed by atoms with van der Waals surface area (Å²) in [6.07, 6.45) is 3.48. The first-order valence-electron chi connectivity index (χ1n) is 6.66. The Morgan fingerprint density at radius 3 is 2.61 bits per heavy atom. The van der Waals surface area contributed by atoms with Crippen LogP contribution in [0, 0.1) is 11.8 Å². The van der Waals surface area contributed by atoms with Gasteiger partial charge < -0.3 is 5.32 Å². The highest BCUT2D eigenvalue weighted by Gasteiger charge is 2.22. The molecule has 2 nitrogen and oxygen atoms in total. The minimum absolute atomic E-state index is 0.260. The van der Waals surface area contributed by atoms with Crippen molar-refractivity contribution in [2.75, 3.05) is 0 Å². The molecule has 0 saturated heterocycles. The van der Waals surface area contributed by atoms with Crippen molar-refractivity contribution in [3.05, 3.63) is 47.7 Å². The molecule has 0 bridgehead atoms. The van der Waals surface area contributed by atoms with Crippen LogP contribution in [-0.2, 0) is 11.3 Å². The molecule has 0 fully saturated rings. The summed E-state index contributed by atoms with van der Waals surface area (Å²) >= 11 is 0. The van der Waals surface area contributed by atoms with Crippen LogP contribution in [0.4, 0.5) is 0 Å². The first-order valence-corrected chi connectivity index (χ1v) is 6.66. The maximum Gasteiger partial charge on any atom is 0.157 e. The van der Waals surface area contributed by atoms with Gasteiger partial charge in [0.1, 0.15) is 0 Å². The van der Waals surface area contributed by atoms with Crippen molar-refractivity contribution in [1.82, 2.24) is 5.32 Å². The molecular weight excluding hydrogens is 222 g/mol. The number of nitrogens with one attached hydrogen (secondary N) is 1. The third-order valence-electron chi connectivity index (χ3n) is 3.59. The predicted molar refractivity (Wildman–Crippen MR) is 73.9 cm³/mol. The van der Waals surface area contributed by atoms with Gasteiger partial charge in [-0.3, -0.25) is 4.79 Å². The maximum atomic E-state index is 11.7. The zero-order valence-corrected chi connectivity index (χ0v) is 11.1. The van der Waals surface area contributed by atoms with E-state index < -0.39 is 0 Å². The number of hydrogen-bond acceptors (Lipinski definition) is 2. The highest BCUT2D eigenvalue weighted by molar-refractivity contribution is 5.91. The van der Waals surface area contributed by atoms with Crippen LogP contribution < -0.4 is 5.32 Å². The molecule has 0 amide bonds. The van der Waals surface area contributed by atoms with Crippen molar-refractivity contribution in [3.8, 4) is 0 Å². The average Bonchev–Trinajstić information content (AvgIpc) is 2.37. The molecule has 1 atom stereocenters. The molecule has 0 saturated carbocycles. The van der Waals surface area contributed by atoms with E-state index in [2.05, 4.69) is 31.3 Å². The number of carbonyl (C=O) groups excluding carboxylic acids is 1. The van der Waals surface area contributed by atoms with Crippen molar-refractivity contribution >= 4 is 5.78 Å². The van der Waals surface area contributed by atoms with Crippen LogP contribution in [-0.4, -0.2) is 5.78 Å². The van der Waals surface area contributed by atoms with Crippen molar-refractivity contribution in [3.63, 3.8) is 0 Å². The van der Waals surface area contributed by atoms with Crippen LogP contribution in [0.15, 0.2) is 42.1 Å². The molecule has 1 aliphatic carbocycles. The lowest BCUT2D eigenvalue weighted by molar-refractivity contribution is -0.116. The van der Waals surface area contributed by atoms with Crippen LogP contribution in [0.3, 0.4) is 0 Å². The van der Waals surface area contributed by atoms with Crippen LogP contribution in [0.1, 0.15) is 32.3 Å². The van der Waals surface area contributed by atoms with Crippen LogP contribution in [0.2, 0.25) is 0 Å². The van der Waals surface area contributed by atoms with Gasteiger partial charge >= 0.3 is 0 Å². The molecule has 1 aromatic rings. The van der Waals surface area contributed by atoms with E-state index in [1.807, 2.05) is 18.2 Å². The molecular formula is C16H21NO. The quantitative estimate of drug-likeness (QED) is 0.879. The van der Waals surface area contributed by atoms with E-state index in [1.165, 1.54) is 5.56 Å². The average molecular weight is 243 g/mol. The Morgan fingerprint density at radius 2 is 1.94 bits per heavy atom. The molecule has 1 aromatic carbocycles. The first-order chi connectivity index (χ1) is 8.65. The molecule has 0 unspecified atom stereocenters. The monoisotopic (exact) mass is 243 g/mol. The van der Waals surface area contributed by atoms with Gasteiger partial charge in [-0.05, 0) is 23.8 Å². The summed E-state index contributed by atoms with van der Waals surface area (Å²) in [5.41, 5.74) is 2.34. The minimum Gasteiger partial charge on any atom is -0.384 e. The van der Waals surface area contributed by atoms with E-state index in [9.17, 15) is 4.79 Å². The normalized spacial score (nSPS) is 19.8. The summed E-state index contributed by atoms with van der Waals surface area (Å²) in [5, 5.41) is 3.39. The fourth-order valence-corrected chi connectivity index (χ4v) is 2.33. The number of rotatable bonds is 4. The Bertz CT molecular complexity index is 434. The van der Waals surface area contributed by atoms with E-state index in [0.717, 1.165) is 18.7 Å². The Hall–Kier alpha value is -1.57. The Kier molecular flexibility index (Phi) is 4.19. The second-order valence-corrected chi connectivity index (χ2v) is 5.39. The molecule has 0 radical (unpaired) electrons. The van der Waals surface area contributed by atoms with Gasteiger partial charge in [-0.1, -0.05) is 44.2 Å². The zero-order valence-electron chi connectivity index (χ0n) is 11.1. The Morgan fingerprint density at radius 1 is 1.22 bits per heavy atom. The van der Waals surface area contributed by atoms with Gasteiger partial charge in [0.05, 0.1) is 0 Å². The summed E-state index contributed by atoms with van der Waals surface area (Å²) in [5.74, 6) is 1.31. The lowest BCUT2D eigenvalue weighted by Crippen LogP contribution is -2.25. The molecule has 0 aliphatic heterocycles. The molecule has 0 aromatic heterocycles. The van der Waals surface area contributed by atoms with E-state index in [1.54, 1.807) is 6.08 Å². The largest absolute Gasteiger partial charge is 0.384 e. The Balaban J connectivity index is 1.95. The van der Waals surface area contributed by atoms with Gasteiger partial charge in [0, 0.05) is 24.7 Å². The third kappa shape index (κ3) is 3.46. The van der Waals surface area contributed by atoms with Crippen LogP contribution in [0.25, 0.3) is 0 Å². The molecule has 96 valence electrons. The molecule has 2 rings (SSSR count). The number of allylic oxidation sites excluding steroid dienone is 2. The standard InChI is InChI=1S/C16H21NO/c1-12(2)14-8-15(10-16(18)9-14)17-11-13-6-4-3-5-7-13/h3-7,10,12,14,17H,8-9,11H2,1-2H3/t14-/m1/s1. The lowest BCUT2D eigenvalue weighted by Gasteiger charge is -2.25. The molecule has 2 heteroatoms. The van der Waals surface area contributed by atoms with Gasteiger partial charge in [0.25, 0.3) is 0 Å². The predicted octanol–water partition coefficient (Wildman–Crippen LogP) is 3.30. The van der Waals surface area contributed by atoms with Crippen molar-refractivity contribution in [2.45, 2.75) is 33.2 Å². The maximum absolute atomic E-state index is 11.7. The molecule has 1 N–H and O–H groups in total. The van der Waals surface area contributed by atoms with Crippen molar-refractivity contribution < 1.29 is 4.79 Å². The number of hydrogen-bond donors (Lipinski definition) is 1. The fraction of sp³-hybridized carbons (Fsp3) is 0.438. The summed E-state index contributed by atoms with van der Waals surface area (Å²) in [4.78, 5) is 11.7. The van der Waals surface area contributed by atoms with Crippen LogP contribution in [0.5, 0.6) is 0 Å². The summed E-state index contributed by atoms with van der Waals surface area (Å²) < 4.78 is 0. The SMILES string of the molecule is CC(C)[C@H]1CC(=O)C=C(NCc2ccccc2)C1. The molecule has 1 aliphatic rings. The smallest absolute Gasteiger partial charge is 0.157 e. The summed E-state index contributed by atoms with van der Waals surface area (Å²) in [7, 11) is 0. The van der Waals surface area contributed by atoms with Gasteiger partial charge in [-0.25, -0.2) is 0 Å². The highest BCUT2D eigenvalue weighted by atomic mass is 16.1. The van der Waals surface area contributed by atoms with Gasteiger partial charge in [0.15, 0.2) is 5.78 Å². The van der Waals surface area contributed by atoms with E-state index in [0.29, 0.717) is 18.3 Å². The second kappa shape index (κ2) is 5.85. The Labute approximate surface area is 109 Å². The number of carbonyl (C=O) groups is 1. The van der Waals surface area contributed by atoms with Crippen molar-refractivity contribution in [1.29, 1.82) is 0 Å². The lowest BCUT2D eigenvalue weighted by atomic mass is 9.83. The van der Waals surface area contributed by atoms with Gasteiger partial charge in [-0.2, -0.15) is 0 Å². The van der Waals surface area contributed by atoms with E-state index in [4.69, 9.17) is 0 Å². The summed E-state index contributed by atoms with van der Waals surface area (Å²) in [6.45, 7) is 5.18. The molecule has 0 heterocycles. The topological polar surface area (TPSA) is 29.1 Å². The molecule has 0 spiro atoms. The highest BCUT2D eigenvalue weighted by Crippen LogP contribution is 2.27. The van der Waals surface area contributed by atoms with E-state index >= 15 is 0 Å². The van der Waals surface area contributed by atoms with Crippen molar-refractivity contribution in [2.24, 2.45) is 11.8 Å². The zero-order chi connectivity index (χ0) is 13.0. The van der Waals surface area contributed by atoms with Gasteiger partial charge in [-0.15, -0.1) is 0 Å². The first kappa shape index (κ1) is 12.9. The summed E-state index contributed by atoms with van der Waals surface area (Å²) in [6, 6.07) is 10.3.